The minimum atomic E-state index is -3.11. The molecule has 1 aromatic carbocycles. The molecular formula is C12H17ClF2N2O2S. The number of carbonyl (C=O) groups is 1. The minimum Gasteiger partial charge on any atom is -0.346 e. The molecule has 20 heavy (non-hydrogen) atoms. The van der Waals surface area contributed by atoms with Crippen molar-refractivity contribution in [1.82, 2.24) is 5.32 Å². The smallest absolute Gasteiger partial charge is 0.277 e. The van der Waals surface area contributed by atoms with Gasteiger partial charge in [0, 0.05) is 28.4 Å². The van der Waals surface area contributed by atoms with Gasteiger partial charge >= 0.3 is 0 Å². The molecule has 0 aliphatic heterocycles. The van der Waals surface area contributed by atoms with E-state index >= 15 is 0 Å². The zero-order valence-electron chi connectivity index (χ0n) is 10.9. The number of benzene rings is 1. The van der Waals surface area contributed by atoms with E-state index in [-0.39, 0.29) is 18.0 Å². The first-order valence-corrected chi connectivity index (χ1v) is 7.32. The predicted octanol–water partition coefficient (Wildman–Crippen LogP) is 1.31. The molecule has 0 saturated carbocycles. The molecule has 1 atom stereocenters. The Morgan fingerprint density at radius 3 is 2.65 bits per heavy atom. The molecule has 0 heterocycles. The first-order chi connectivity index (χ1) is 8.84. The molecular weight excluding hydrogens is 310 g/mol. The lowest BCUT2D eigenvalue weighted by Crippen LogP contribution is -2.41. The zero-order valence-corrected chi connectivity index (χ0v) is 12.5. The van der Waals surface area contributed by atoms with Crippen molar-refractivity contribution < 1.29 is 17.8 Å². The van der Waals surface area contributed by atoms with E-state index in [1.54, 1.807) is 18.4 Å². The molecule has 0 aromatic heterocycles. The molecule has 114 valence electrons. The van der Waals surface area contributed by atoms with Crippen molar-refractivity contribution >= 4 is 29.1 Å². The van der Waals surface area contributed by atoms with Crippen molar-refractivity contribution in [2.24, 2.45) is 5.73 Å². The maximum Gasteiger partial charge on any atom is 0.277 e. The molecule has 0 aliphatic rings. The fraction of sp³-hybridized carbons (Fsp3) is 0.417. The van der Waals surface area contributed by atoms with Crippen molar-refractivity contribution in [3.8, 4) is 0 Å². The lowest BCUT2D eigenvalue weighted by molar-refractivity contribution is 0.0118. The number of alkyl halides is 2. The molecule has 1 amide bonds. The van der Waals surface area contributed by atoms with Crippen molar-refractivity contribution in [1.29, 1.82) is 0 Å². The summed E-state index contributed by atoms with van der Waals surface area (Å²) >= 11 is 0. The minimum absolute atomic E-state index is 0. The molecule has 0 fully saturated rings. The first kappa shape index (κ1) is 18.9. The number of nitrogens with one attached hydrogen (secondary N) is 1. The van der Waals surface area contributed by atoms with E-state index in [2.05, 4.69) is 5.32 Å². The van der Waals surface area contributed by atoms with E-state index in [1.165, 1.54) is 12.1 Å². The Balaban J connectivity index is 0.00000361. The van der Waals surface area contributed by atoms with Crippen LogP contribution in [0.1, 0.15) is 15.9 Å². The number of hydrogen-bond donors (Lipinski definition) is 2. The monoisotopic (exact) mass is 326 g/mol. The van der Waals surface area contributed by atoms with Crippen LogP contribution in [0.3, 0.4) is 0 Å². The number of rotatable bonds is 6. The van der Waals surface area contributed by atoms with E-state index < -0.39 is 35.7 Å². The fourth-order valence-corrected chi connectivity index (χ4v) is 2.07. The summed E-state index contributed by atoms with van der Waals surface area (Å²) in [5, 5.41) is 2.13. The lowest BCUT2D eigenvalue weighted by Gasteiger charge is -2.14. The number of nitrogens with two attached hydrogens (primary N) is 1. The van der Waals surface area contributed by atoms with Gasteiger partial charge in [0.2, 0.25) is 0 Å². The number of hydrogen-bond acceptors (Lipinski definition) is 3. The van der Waals surface area contributed by atoms with Gasteiger partial charge in [0.25, 0.3) is 11.8 Å². The van der Waals surface area contributed by atoms with Crippen LogP contribution < -0.4 is 11.1 Å². The maximum absolute atomic E-state index is 12.9. The summed E-state index contributed by atoms with van der Waals surface area (Å²) in [6.07, 6.45) is 1.55. The van der Waals surface area contributed by atoms with Crippen molar-refractivity contribution in [3.05, 3.63) is 35.4 Å². The predicted molar refractivity (Wildman–Crippen MR) is 77.8 cm³/mol. The molecule has 1 aromatic rings. The Bertz CT molecular complexity index is 486. The Morgan fingerprint density at radius 1 is 1.45 bits per heavy atom. The van der Waals surface area contributed by atoms with Crippen LogP contribution >= 0.6 is 12.4 Å². The Morgan fingerprint density at radius 2 is 2.10 bits per heavy atom. The van der Waals surface area contributed by atoms with Gasteiger partial charge in [-0.15, -0.1) is 12.4 Å². The van der Waals surface area contributed by atoms with Gasteiger partial charge in [-0.2, -0.15) is 0 Å². The Kier molecular flexibility index (Phi) is 7.85. The molecule has 0 aliphatic carbocycles. The third-order valence-corrected chi connectivity index (χ3v) is 3.11. The van der Waals surface area contributed by atoms with Gasteiger partial charge in [-0.3, -0.25) is 9.00 Å². The van der Waals surface area contributed by atoms with E-state index in [4.69, 9.17) is 5.73 Å². The molecule has 4 nitrogen and oxygen atoms in total. The number of carbonyl (C=O) groups excluding carboxylic acids is 1. The number of halogens is 3. The van der Waals surface area contributed by atoms with Crippen molar-refractivity contribution in [2.45, 2.75) is 11.7 Å². The van der Waals surface area contributed by atoms with Gasteiger partial charge in [0.15, 0.2) is 0 Å². The second-order valence-corrected chi connectivity index (χ2v) is 5.60. The second-order valence-electron chi connectivity index (χ2n) is 4.16. The fourth-order valence-electron chi connectivity index (χ4n) is 1.42. The second kappa shape index (κ2) is 8.28. The van der Waals surface area contributed by atoms with Gasteiger partial charge in [-0.25, -0.2) is 8.78 Å². The molecule has 8 heteroatoms. The lowest BCUT2D eigenvalue weighted by atomic mass is 10.1. The van der Waals surface area contributed by atoms with Crippen LogP contribution in [-0.2, 0) is 16.6 Å². The van der Waals surface area contributed by atoms with E-state index in [9.17, 15) is 17.8 Å². The van der Waals surface area contributed by atoms with Crippen LogP contribution in [0, 0.1) is 0 Å². The highest BCUT2D eigenvalue weighted by atomic mass is 35.5. The molecule has 1 rings (SSSR count). The standard InChI is InChI=1S/C12H16F2N2O2S.ClH/c1-19(18)6-9-3-2-4-10(5-9)11(17)16-8-12(13,14)7-15;/h2-5H,6-8,15H2,1H3,(H,16,17);1H. The topological polar surface area (TPSA) is 72.2 Å². The SMILES string of the molecule is CS(=O)Cc1cccc(C(=O)NCC(F)(F)CN)c1.Cl. The van der Waals surface area contributed by atoms with Gasteiger partial charge in [-0.1, -0.05) is 12.1 Å². The molecule has 0 saturated heterocycles. The summed E-state index contributed by atoms with van der Waals surface area (Å²) in [5.74, 6) is -3.39. The molecule has 0 bridgehead atoms. The summed E-state index contributed by atoms with van der Waals surface area (Å²) in [6.45, 7) is -1.62. The quantitative estimate of drug-likeness (QED) is 0.828. The van der Waals surface area contributed by atoms with Crippen LogP contribution in [0.2, 0.25) is 0 Å². The highest BCUT2D eigenvalue weighted by Crippen LogP contribution is 2.11. The highest BCUT2D eigenvalue weighted by Gasteiger charge is 2.27. The van der Waals surface area contributed by atoms with Crippen LogP contribution in [-0.4, -0.2) is 35.4 Å². The Labute approximate surface area is 125 Å². The largest absolute Gasteiger partial charge is 0.346 e. The third-order valence-electron chi connectivity index (χ3n) is 2.37. The molecule has 3 N–H and O–H groups in total. The number of amides is 1. The van der Waals surface area contributed by atoms with Crippen LogP contribution in [0.4, 0.5) is 8.78 Å². The molecule has 1 unspecified atom stereocenters. The van der Waals surface area contributed by atoms with Gasteiger partial charge in [0.1, 0.15) is 0 Å². The van der Waals surface area contributed by atoms with E-state index in [0.717, 1.165) is 5.56 Å². The summed E-state index contributed by atoms with van der Waals surface area (Å²) in [4.78, 5) is 11.7. The van der Waals surface area contributed by atoms with E-state index in [1.807, 2.05) is 0 Å². The van der Waals surface area contributed by atoms with Crippen LogP contribution in [0.25, 0.3) is 0 Å². The van der Waals surface area contributed by atoms with Crippen molar-refractivity contribution in [3.63, 3.8) is 0 Å². The zero-order chi connectivity index (χ0) is 14.5. The Hall–Kier alpha value is -1.05. The van der Waals surface area contributed by atoms with Gasteiger partial charge in [0.05, 0.1) is 13.1 Å². The van der Waals surface area contributed by atoms with Gasteiger partial charge in [-0.05, 0) is 17.7 Å². The molecule has 0 spiro atoms. The summed E-state index contributed by atoms with van der Waals surface area (Å²) in [5.41, 5.74) is 5.86. The van der Waals surface area contributed by atoms with Crippen LogP contribution in [0.5, 0.6) is 0 Å². The summed E-state index contributed by atoms with van der Waals surface area (Å²) in [6, 6.07) is 6.40. The van der Waals surface area contributed by atoms with Gasteiger partial charge < -0.3 is 11.1 Å². The average molecular weight is 327 g/mol. The van der Waals surface area contributed by atoms with E-state index in [0.29, 0.717) is 5.75 Å². The average Bonchev–Trinajstić information content (AvgIpc) is 2.35. The van der Waals surface area contributed by atoms with Crippen LogP contribution in [0.15, 0.2) is 24.3 Å². The molecule has 0 radical (unpaired) electrons. The first-order valence-electron chi connectivity index (χ1n) is 5.59. The maximum atomic E-state index is 12.9. The highest BCUT2D eigenvalue weighted by molar-refractivity contribution is 7.83. The van der Waals surface area contributed by atoms with Crippen molar-refractivity contribution in [2.75, 3.05) is 19.3 Å². The third kappa shape index (κ3) is 6.40. The normalized spacial score (nSPS) is 12.4. The summed E-state index contributed by atoms with van der Waals surface area (Å²) in [7, 11) is -1.03. The summed E-state index contributed by atoms with van der Waals surface area (Å²) < 4.78 is 36.9.